The Balaban J connectivity index is -0.000000169. The molecular weight excluding hydrogens is 295 g/mol. The average molecular weight is 319 g/mol. The minimum absolute atomic E-state index is 0. The van der Waals surface area contributed by atoms with E-state index in [0.717, 1.165) is 0 Å². The van der Waals surface area contributed by atoms with Crippen molar-refractivity contribution in [3.63, 3.8) is 0 Å². The zero-order chi connectivity index (χ0) is 8.60. The molecule has 0 amide bonds. The van der Waals surface area contributed by atoms with Gasteiger partial charge in [-0.25, -0.2) is 0 Å². The molecule has 1 unspecified atom stereocenters. The number of aromatic nitrogens is 1. The van der Waals surface area contributed by atoms with E-state index in [1.165, 1.54) is 11.1 Å². The van der Waals surface area contributed by atoms with Gasteiger partial charge in [0.25, 0.3) is 0 Å². The Bertz CT molecular complexity index is 336. The Morgan fingerprint density at radius 2 is 1.76 bits per heavy atom. The molecule has 1 heterocycles. The monoisotopic (exact) mass is 320 g/mol. The second-order valence-corrected chi connectivity index (χ2v) is 3.52. The van der Waals surface area contributed by atoms with E-state index in [9.17, 15) is 0 Å². The van der Waals surface area contributed by atoms with Crippen molar-refractivity contribution in [2.24, 2.45) is 0 Å². The molecule has 1 aromatic heterocycles. The number of allylic oxidation sites excluding steroid dienone is 4. The van der Waals surface area contributed by atoms with Gasteiger partial charge in [0, 0.05) is 5.41 Å². The molecule has 0 spiro atoms. The van der Waals surface area contributed by atoms with Crippen molar-refractivity contribution >= 4 is 0 Å². The predicted molar refractivity (Wildman–Crippen MR) is 75.5 cm³/mol. The van der Waals surface area contributed by atoms with Crippen LogP contribution in [0.25, 0.3) is 0 Å². The van der Waals surface area contributed by atoms with Gasteiger partial charge in [-0.2, -0.15) is 12.3 Å². The maximum absolute atomic E-state index is 3.12. The Morgan fingerprint density at radius 3 is 2.12 bits per heavy atom. The molecule has 1 aliphatic carbocycles. The summed E-state index contributed by atoms with van der Waals surface area (Å²) in [5.74, 6) is 0. The van der Waals surface area contributed by atoms with Crippen molar-refractivity contribution in [2.45, 2.75) is 19.3 Å². The topological polar surface area (TPSA) is 15.8 Å². The van der Waals surface area contributed by atoms with Crippen LogP contribution in [0.1, 0.15) is 19.4 Å². The summed E-state index contributed by atoms with van der Waals surface area (Å²) in [5, 5.41) is 0. The molecule has 17 heavy (non-hydrogen) atoms. The third kappa shape index (κ3) is 5.04. The first-order valence-corrected chi connectivity index (χ1v) is 4.15. The predicted octanol–water partition coefficient (Wildman–Crippen LogP) is 4.39. The van der Waals surface area contributed by atoms with Gasteiger partial charge in [0.2, 0.25) is 0 Å². The largest absolute Gasteiger partial charge is 5.00 e. The van der Waals surface area contributed by atoms with Crippen LogP contribution in [0.4, 0.5) is 0 Å². The fourth-order valence-corrected chi connectivity index (χ4v) is 1.64. The Kier molecular flexibility index (Phi) is 14.0. The van der Waals surface area contributed by atoms with Gasteiger partial charge in [-0.15, -0.1) is 11.8 Å². The average Bonchev–Trinajstić information content (AvgIpc) is 2.59. The Labute approximate surface area is 121 Å². The summed E-state index contributed by atoms with van der Waals surface area (Å²) in [6.07, 6.45) is 11.7. The van der Waals surface area contributed by atoms with E-state index in [2.05, 4.69) is 49.3 Å². The van der Waals surface area contributed by atoms with Crippen LogP contribution >= 0.6 is 0 Å². The molecule has 2 heteroatoms. The standard InChI is InChI=1S/C11H12N.4CH3.Ru/c1-9-3-5-11(2,7-9)10-4-6-12-8-10;;;;;/h3-7,12H,1-2H3;4*1H3;/q5*-1;+5. The van der Waals surface area contributed by atoms with Crippen LogP contribution in [0.5, 0.6) is 0 Å². The Morgan fingerprint density at radius 1 is 1.18 bits per heavy atom. The fourth-order valence-electron chi connectivity index (χ4n) is 1.64. The van der Waals surface area contributed by atoms with Crippen LogP contribution in [0.2, 0.25) is 0 Å². The van der Waals surface area contributed by atoms with Gasteiger partial charge in [0.05, 0.1) is 0 Å². The van der Waals surface area contributed by atoms with E-state index in [1.807, 2.05) is 6.20 Å². The first-order valence-electron chi connectivity index (χ1n) is 4.15. The van der Waals surface area contributed by atoms with Crippen molar-refractivity contribution in [2.75, 3.05) is 0 Å². The van der Waals surface area contributed by atoms with Crippen LogP contribution < -0.4 is 0 Å². The number of hydrogen-bond acceptors (Lipinski definition) is 0. The minimum Gasteiger partial charge on any atom is -0.484 e. The van der Waals surface area contributed by atoms with Crippen molar-refractivity contribution in [3.05, 3.63) is 77.5 Å². The maximum Gasteiger partial charge on any atom is 5.00 e. The van der Waals surface area contributed by atoms with E-state index in [0.29, 0.717) is 0 Å². The van der Waals surface area contributed by atoms with E-state index in [-0.39, 0.29) is 54.6 Å². The number of aromatic amines is 1. The smallest absolute Gasteiger partial charge is 0.484 e. The zero-order valence-corrected chi connectivity index (χ0v) is 13.5. The summed E-state index contributed by atoms with van der Waals surface area (Å²) in [6, 6.07) is 2.07. The molecule has 97 valence electrons. The van der Waals surface area contributed by atoms with Crippen molar-refractivity contribution in [3.8, 4) is 0 Å². The van der Waals surface area contributed by atoms with Gasteiger partial charge in [-0.1, -0.05) is 30.7 Å². The fraction of sp³-hybridized carbons (Fsp3) is 0.200. The SMILES string of the molecule is CC1=CC(C)(c2[c-][nH]cc2)C=C1.[CH3-].[CH3-].[CH3-].[CH3-].[Ru+5]. The molecule has 0 saturated heterocycles. The number of H-pyrrole nitrogens is 1. The molecule has 1 aromatic rings. The van der Waals surface area contributed by atoms with E-state index >= 15 is 0 Å². The van der Waals surface area contributed by atoms with Gasteiger partial charge >= 0.3 is 19.5 Å². The van der Waals surface area contributed by atoms with Gasteiger partial charge < -0.3 is 34.7 Å². The van der Waals surface area contributed by atoms with Crippen molar-refractivity contribution in [1.29, 1.82) is 0 Å². The van der Waals surface area contributed by atoms with Crippen molar-refractivity contribution in [1.82, 2.24) is 4.98 Å². The summed E-state index contributed by atoms with van der Waals surface area (Å²) >= 11 is 0. The minimum atomic E-state index is 0. The van der Waals surface area contributed by atoms with Crippen LogP contribution in [0.3, 0.4) is 0 Å². The van der Waals surface area contributed by atoms with Gasteiger partial charge in [0.15, 0.2) is 0 Å². The number of hydrogen-bond donors (Lipinski definition) is 1. The quantitative estimate of drug-likeness (QED) is 0.584. The first kappa shape index (κ1) is 25.3. The summed E-state index contributed by atoms with van der Waals surface area (Å²) in [4.78, 5) is 2.96. The van der Waals surface area contributed by atoms with Crippen LogP contribution in [0.15, 0.2) is 36.1 Å². The van der Waals surface area contributed by atoms with Gasteiger partial charge in [-0.05, 0) is 6.92 Å². The van der Waals surface area contributed by atoms with Crippen molar-refractivity contribution < 1.29 is 19.5 Å². The molecule has 0 bridgehead atoms. The summed E-state index contributed by atoms with van der Waals surface area (Å²) < 4.78 is 0. The summed E-state index contributed by atoms with van der Waals surface area (Å²) in [7, 11) is 0. The van der Waals surface area contributed by atoms with Crippen LogP contribution in [-0.2, 0) is 24.9 Å². The zero-order valence-electron chi connectivity index (χ0n) is 11.7. The summed E-state index contributed by atoms with van der Waals surface area (Å²) in [6.45, 7) is 4.31. The molecule has 0 aromatic carbocycles. The molecule has 0 fully saturated rings. The third-order valence-corrected chi connectivity index (χ3v) is 2.34. The Hall–Kier alpha value is -0.617. The first-order chi connectivity index (χ1) is 5.71. The van der Waals surface area contributed by atoms with Crippen LogP contribution in [-0.4, -0.2) is 4.98 Å². The third-order valence-electron chi connectivity index (χ3n) is 2.34. The number of rotatable bonds is 1. The molecular formula is C15H24NRu. The molecule has 1 N–H and O–H groups in total. The molecule has 1 aliphatic rings. The normalized spacial score (nSPS) is 19.5. The molecule has 0 aliphatic heterocycles. The van der Waals surface area contributed by atoms with Crippen LogP contribution in [0, 0.1) is 35.9 Å². The molecule has 1 atom stereocenters. The molecule has 1 nitrogen and oxygen atoms in total. The van der Waals surface area contributed by atoms with Gasteiger partial charge in [-0.3, -0.25) is 0 Å². The van der Waals surface area contributed by atoms with E-state index in [4.69, 9.17) is 0 Å². The molecule has 1 radical (unpaired) electrons. The second kappa shape index (κ2) is 9.42. The second-order valence-electron chi connectivity index (χ2n) is 3.52. The number of nitrogens with one attached hydrogen (secondary N) is 1. The summed E-state index contributed by atoms with van der Waals surface area (Å²) in [5.41, 5.74) is 2.59. The van der Waals surface area contributed by atoms with Gasteiger partial charge in [0.1, 0.15) is 0 Å². The maximum atomic E-state index is 3.12. The molecule has 2 rings (SSSR count). The van der Waals surface area contributed by atoms with E-state index < -0.39 is 0 Å². The molecule has 0 saturated carbocycles. The van der Waals surface area contributed by atoms with E-state index in [1.54, 1.807) is 0 Å².